The lowest BCUT2D eigenvalue weighted by molar-refractivity contribution is 0.423. The molecule has 0 spiro atoms. The van der Waals surface area contributed by atoms with E-state index >= 15 is 0 Å². The van der Waals surface area contributed by atoms with E-state index in [0.717, 1.165) is 0 Å². The van der Waals surface area contributed by atoms with Gasteiger partial charge in [0.05, 0.1) is 5.56 Å². The van der Waals surface area contributed by atoms with Crippen LogP contribution in [0.3, 0.4) is 0 Å². The number of aromatic hydroxyl groups is 3. The number of nitrogens with zero attached hydrogens (tertiary/aromatic N) is 2. The predicted octanol–water partition coefficient (Wildman–Crippen LogP) is 2.52. The molecule has 100 valence electrons. The normalized spacial score (nSPS) is 10.6. The molecule has 0 saturated heterocycles. The first kappa shape index (κ1) is 12.0. The Balaban J connectivity index is 2.02. The van der Waals surface area contributed by atoms with E-state index in [1.54, 1.807) is 12.1 Å². The Kier molecular flexibility index (Phi) is 2.76. The average molecular weight is 270 g/mol. The molecule has 2 aromatic carbocycles. The van der Waals surface area contributed by atoms with Crippen LogP contribution in [-0.2, 0) is 0 Å². The summed E-state index contributed by atoms with van der Waals surface area (Å²) in [6, 6.07) is 10.5. The molecule has 3 N–H and O–H groups in total. The van der Waals surface area contributed by atoms with E-state index in [9.17, 15) is 15.3 Å². The first-order valence-corrected chi connectivity index (χ1v) is 5.79. The van der Waals surface area contributed by atoms with Crippen molar-refractivity contribution in [2.45, 2.75) is 0 Å². The van der Waals surface area contributed by atoms with Crippen molar-refractivity contribution in [3.8, 4) is 40.1 Å². The number of phenols is 3. The van der Waals surface area contributed by atoms with E-state index in [2.05, 4.69) is 10.1 Å². The van der Waals surface area contributed by atoms with E-state index in [0.29, 0.717) is 17.0 Å². The van der Waals surface area contributed by atoms with Crippen LogP contribution in [0.4, 0.5) is 0 Å². The van der Waals surface area contributed by atoms with Gasteiger partial charge in [0.15, 0.2) is 0 Å². The minimum atomic E-state index is -0.156. The van der Waals surface area contributed by atoms with Crippen molar-refractivity contribution in [2.24, 2.45) is 0 Å². The zero-order valence-electron chi connectivity index (χ0n) is 10.2. The lowest BCUT2D eigenvalue weighted by Gasteiger charge is -1.99. The molecule has 1 heterocycles. The molecule has 0 aliphatic rings. The van der Waals surface area contributed by atoms with Crippen LogP contribution in [0, 0.1) is 0 Å². The van der Waals surface area contributed by atoms with Gasteiger partial charge in [-0.2, -0.15) is 4.98 Å². The number of aromatic nitrogens is 2. The largest absolute Gasteiger partial charge is 0.508 e. The third kappa shape index (κ3) is 2.14. The molecule has 1 aromatic heterocycles. The number of benzene rings is 2. The lowest BCUT2D eigenvalue weighted by Crippen LogP contribution is -1.81. The fourth-order valence-corrected chi connectivity index (χ4v) is 1.80. The van der Waals surface area contributed by atoms with Crippen LogP contribution in [-0.4, -0.2) is 25.5 Å². The van der Waals surface area contributed by atoms with Gasteiger partial charge in [-0.05, 0) is 24.3 Å². The first-order valence-electron chi connectivity index (χ1n) is 5.79. The van der Waals surface area contributed by atoms with Crippen LogP contribution >= 0.6 is 0 Å². The summed E-state index contributed by atoms with van der Waals surface area (Å²) >= 11 is 0. The van der Waals surface area contributed by atoms with Crippen molar-refractivity contribution in [3.63, 3.8) is 0 Å². The van der Waals surface area contributed by atoms with Crippen LogP contribution in [0.15, 0.2) is 47.0 Å². The highest BCUT2D eigenvalue weighted by molar-refractivity contribution is 5.66. The molecule has 3 aromatic rings. The molecular weight excluding hydrogens is 260 g/mol. The molecule has 0 unspecified atom stereocenters. The van der Waals surface area contributed by atoms with Crippen LogP contribution in [0.5, 0.6) is 17.2 Å². The molecule has 0 aliphatic heterocycles. The SMILES string of the molecule is Oc1cccc(-c2noc(-c3ccc(O)cc3O)n2)c1. The van der Waals surface area contributed by atoms with Crippen molar-refractivity contribution < 1.29 is 19.8 Å². The van der Waals surface area contributed by atoms with Crippen LogP contribution in [0.1, 0.15) is 0 Å². The van der Waals surface area contributed by atoms with Gasteiger partial charge in [-0.1, -0.05) is 17.3 Å². The van der Waals surface area contributed by atoms with Crippen LogP contribution in [0.2, 0.25) is 0 Å². The van der Waals surface area contributed by atoms with E-state index in [4.69, 9.17) is 4.52 Å². The van der Waals surface area contributed by atoms with Gasteiger partial charge in [0.2, 0.25) is 5.82 Å². The first-order chi connectivity index (χ1) is 9.63. The van der Waals surface area contributed by atoms with Gasteiger partial charge in [-0.3, -0.25) is 0 Å². The van der Waals surface area contributed by atoms with E-state index in [1.165, 1.54) is 30.3 Å². The zero-order chi connectivity index (χ0) is 14.1. The molecule has 0 atom stereocenters. The summed E-state index contributed by atoms with van der Waals surface area (Å²) in [6.45, 7) is 0. The van der Waals surface area contributed by atoms with Gasteiger partial charge in [0.1, 0.15) is 17.2 Å². The molecule has 0 amide bonds. The quantitative estimate of drug-likeness (QED) is 0.661. The number of hydrogen-bond donors (Lipinski definition) is 3. The second kappa shape index (κ2) is 4.58. The highest BCUT2D eigenvalue weighted by Gasteiger charge is 2.14. The molecule has 0 fully saturated rings. The summed E-state index contributed by atoms with van der Waals surface area (Å²) in [5.74, 6) is 0.306. The van der Waals surface area contributed by atoms with Crippen molar-refractivity contribution in [1.29, 1.82) is 0 Å². The van der Waals surface area contributed by atoms with Gasteiger partial charge in [-0.25, -0.2) is 0 Å². The van der Waals surface area contributed by atoms with Crippen LogP contribution < -0.4 is 0 Å². The number of phenolic OH excluding ortho intramolecular Hbond substituents is 3. The molecule has 6 nitrogen and oxygen atoms in total. The van der Waals surface area contributed by atoms with Gasteiger partial charge < -0.3 is 19.8 Å². The Hall–Kier alpha value is -3.02. The summed E-state index contributed by atoms with van der Waals surface area (Å²) in [5, 5.41) is 32.2. The lowest BCUT2D eigenvalue weighted by atomic mass is 10.2. The second-order valence-corrected chi connectivity index (χ2v) is 4.17. The fraction of sp³-hybridized carbons (Fsp3) is 0. The summed E-state index contributed by atoms with van der Waals surface area (Å²) in [5.41, 5.74) is 0.917. The summed E-state index contributed by atoms with van der Waals surface area (Å²) in [6.07, 6.45) is 0. The number of rotatable bonds is 2. The van der Waals surface area contributed by atoms with Crippen molar-refractivity contribution in [1.82, 2.24) is 10.1 Å². The maximum Gasteiger partial charge on any atom is 0.262 e. The Morgan fingerprint density at radius 2 is 1.70 bits per heavy atom. The third-order valence-corrected chi connectivity index (χ3v) is 2.74. The summed E-state index contributed by atoms with van der Waals surface area (Å²) in [7, 11) is 0. The van der Waals surface area contributed by atoms with Gasteiger partial charge in [0.25, 0.3) is 5.89 Å². The van der Waals surface area contributed by atoms with Crippen molar-refractivity contribution in [3.05, 3.63) is 42.5 Å². The molecule has 6 heteroatoms. The van der Waals surface area contributed by atoms with E-state index in [-0.39, 0.29) is 23.1 Å². The van der Waals surface area contributed by atoms with Gasteiger partial charge in [0, 0.05) is 11.6 Å². The Morgan fingerprint density at radius 1 is 0.900 bits per heavy atom. The van der Waals surface area contributed by atoms with Crippen molar-refractivity contribution >= 4 is 0 Å². The average Bonchev–Trinajstić information content (AvgIpc) is 2.88. The highest BCUT2D eigenvalue weighted by Crippen LogP contribution is 2.32. The predicted molar refractivity (Wildman–Crippen MR) is 70.2 cm³/mol. The third-order valence-electron chi connectivity index (χ3n) is 2.74. The van der Waals surface area contributed by atoms with Crippen LogP contribution in [0.25, 0.3) is 22.8 Å². The van der Waals surface area contributed by atoms with Gasteiger partial charge >= 0.3 is 0 Å². The Morgan fingerprint density at radius 3 is 2.45 bits per heavy atom. The maximum atomic E-state index is 9.74. The second-order valence-electron chi connectivity index (χ2n) is 4.17. The number of hydrogen-bond acceptors (Lipinski definition) is 6. The van der Waals surface area contributed by atoms with Gasteiger partial charge in [-0.15, -0.1) is 0 Å². The van der Waals surface area contributed by atoms with Crippen molar-refractivity contribution in [2.75, 3.05) is 0 Å². The molecule has 0 bridgehead atoms. The van der Waals surface area contributed by atoms with E-state index < -0.39 is 0 Å². The smallest absolute Gasteiger partial charge is 0.262 e. The van der Waals surface area contributed by atoms with E-state index in [1.807, 2.05) is 0 Å². The Bertz CT molecular complexity index is 767. The molecule has 20 heavy (non-hydrogen) atoms. The Labute approximate surface area is 113 Å². The topological polar surface area (TPSA) is 99.6 Å². The fourth-order valence-electron chi connectivity index (χ4n) is 1.80. The molecule has 0 saturated carbocycles. The highest BCUT2D eigenvalue weighted by atomic mass is 16.5. The minimum absolute atomic E-state index is 0.0565. The zero-order valence-corrected chi connectivity index (χ0v) is 10.2. The summed E-state index contributed by atoms with van der Waals surface area (Å²) < 4.78 is 5.08. The molecule has 0 aliphatic carbocycles. The molecule has 3 rings (SSSR count). The summed E-state index contributed by atoms with van der Waals surface area (Å²) in [4.78, 5) is 4.15. The maximum absolute atomic E-state index is 9.74. The monoisotopic (exact) mass is 270 g/mol. The molecular formula is C14H10N2O4. The standard InChI is InChI=1S/C14H10N2O4/c17-9-3-1-2-8(6-9)13-15-14(20-16-13)11-5-4-10(18)7-12(11)19/h1-7,17-19H. The molecule has 0 radical (unpaired) electrons. The minimum Gasteiger partial charge on any atom is -0.508 e.